The number of carbonyl (C=O) groups is 3. The molecule has 4 N–H and O–H groups in total. The van der Waals surface area contributed by atoms with E-state index < -0.39 is 17.2 Å². The maximum absolute atomic E-state index is 12.9. The van der Waals surface area contributed by atoms with Gasteiger partial charge in [-0.15, -0.1) is 0 Å². The molecule has 31 heavy (non-hydrogen) atoms. The number of nitrogens with zero attached hydrogens (tertiary/aromatic N) is 1. The Balaban J connectivity index is 1.50. The summed E-state index contributed by atoms with van der Waals surface area (Å²) in [5, 5.41) is 6.15. The van der Waals surface area contributed by atoms with E-state index in [1.165, 1.54) is 6.20 Å². The van der Waals surface area contributed by atoms with Crippen LogP contribution in [0.4, 0.5) is 5.69 Å². The van der Waals surface area contributed by atoms with Crippen molar-refractivity contribution in [3.63, 3.8) is 0 Å². The molecule has 2 heterocycles. The van der Waals surface area contributed by atoms with Crippen molar-refractivity contribution in [3.05, 3.63) is 51.6 Å². The van der Waals surface area contributed by atoms with Gasteiger partial charge in [0.2, 0.25) is 17.7 Å². The number of pyridine rings is 1. The molecule has 10 heteroatoms. The number of amides is 3. The summed E-state index contributed by atoms with van der Waals surface area (Å²) in [6.45, 7) is -0.251. The minimum absolute atomic E-state index is 0.0849. The lowest BCUT2D eigenvalue weighted by atomic mass is 9.69. The van der Waals surface area contributed by atoms with Crippen molar-refractivity contribution in [2.45, 2.75) is 37.2 Å². The Morgan fingerprint density at radius 3 is 2.68 bits per heavy atom. The topological polar surface area (TPSA) is 123 Å². The number of benzene rings is 1. The first-order valence-corrected chi connectivity index (χ1v) is 10.5. The molecule has 1 fully saturated rings. The number of nitrogens with one attached hydrogen (secondary N) is 2. The number of nitrogens with two attached hydrogens (primary N) is 1. The smallest absolute Gasteiger partial charge is 0.251 e. The maximum Gasteiger partial charge on any atom is 0.251 e. The van der Waals surface area contributed by atoms with E-state index in [2.05, 4.69) is 15.6 Å². The molecule has 1 aromatic heterocycles. The molecule has 2 aromatic rings. The van der Waals surface area contributed by atoms with Crippen LogP contribution < -0.4 is 21.1 Å². The second-order valence-electron chi connectivity index (χ2n) is 7.70. The molecule has 0 unspecified atom stereocenters. The van der Waals surface area contributed by atoms with Gasteiger partial charge in [-0.25, -0.2) is 4.98 Å². The number of hydrogen-bond acceptors (Lipinski definition) is 5. The van der Waals surface area contributed by atoms with Gasteiger partial charge in [0, 0.05) is 17.4 Å². The van der Waals surface area contributed by atoms with Gasteiger partial charge in [0.25, 0.3) is 5.91 Å². The second-order valence-corrected chi connectivity index (χ2v) is 8.55. The molecule has 1 aromatic carbocycles. The van der Waals surface area contributed by atoms with Crippen LogP contribution in [0.5, 0.6) is 5.88 Å². The van der Waals surface area contributed by atoms with Crippen molar-refractivity contribution in [1.82, 2.24) is 10.3 Å². The summed E-state index contributed by atoms with van der Waals surface area (Å²) in [5.41, 5.74) is 6.20. The van der Waals surface area contributed by atoms with Crippen molar-refractivity contribution >= 4 is 46.6 Å². The first kappa shape index (κ1) is 21.4. The molecule has 1 spiro atoms. The summed E-state index contributed by atoms with van der Waals surface area (Å²) in [5.74, 6) is -0.817. The van der Waals surface area contributed by atoms with Crippen LogP contribution in [0.2, 0.25) is 10.0 Å². The molecule has 0 radical (unpaired) electrons. The molecule has 0 saturated heterocycles. The van der Waals surface area contributed by atoms with Crippen LogP contribution in [-0.4, -0.2) is 35.4 Å². The van der Waals surface area contributed by atoms with Crippen molar-refractivity contribution in [1.29, 1.82) is 0 Å². The molecule has 1 aliphatic heterocycles. The first-order valence-electron chi connectivity index (χ1n) is 9.79. The third-order valence-corrected chi connectivity index (χ3v) is 6.22. The quantitative estimate of drug-likeness (QED) is 0.629. The highest BCUT2D eigenvalue weighted by molar-refractivity contribution is 6.35. The standard InChI is InChI=1S/C21H20Cl2N4O4/c22-12-8-15(23)19(26-9-12)31-13-3-5-21(6-4-13)14-7-11(18(29)25-10-17(24)28)1-2-16(14)27-20(21)30/h1-2,7-9,13H,3-6,10H2,(H2,24,28)(H,25,29)(H,27,30). The van der Waals surface area contributed by atoms with Crippen LogP contribution >= 0.6 is 23.2 Å². The van der Waals surface area contributed by atoms with E-state index in [-0.39, 0.29) is 18.6 Å². The molecule has 162 valence electrons. The zero-order chi connectivity index (χ0) is 22.2. The van der Waals surface area contributed by atoms with Gasteiger partial charge in [-0.05, 0) is 55.5 Å². The van der Waals surface area contributed by atoms with Crippen LogP contribution in [0.25, 0.3) is 0 Å². The fourth-order valence-electron chi connectivity index (χ4n) is 4.17. The van der Waals surface area contributed by atoms with Crippen molar-refractivity contribution in [2.75, 3.05) is 11.9 Å². The summed E-state index contributed by atoms with van der Waals surface area (Å²) >= 11 is 12.0. The van der Waals surface area contributed by atoms with Gasteiger partial charge >= 0.3 is 0 Å². The lowest BCUT2D eigenvalue weighted by molar-refractivity contribution is -0.122. The number of rotatable bonds is 5. The molecule has 2 aliphatic rings. The fraction of sp³-hybridized carbons (Fsp3) is 0.333. The monoisotopic (exact) mass is 462 g/mol. The number of halogens is 2. The van der Waals surface area contributed by atoms with E-state index in [0.29, 0.717) is 52.9 Å². The van der Waals surface area contributed by atoms with Gasteiger partial charge in [0.15, 0.2) is 0 Å². The molecule has 1 saturated carbocycles. The number of ether oxygens (including phenoxy) is 1. The van der Waals surface area contributed by atoms with E-state index in [4.69, 9.17) is 33.7 Å². The third kappa shape index (κ3) is 4.18. The van der Waals surface area contributed by atoms with E-state index in [1.54, 1.807) is 24.3 Å². The summed E-state index contributed by atoms with van der Waals surface area (Å²) in [6.07, 6.45) is 3.66. The van der Waals surface area contributed by atoms with Crippen LogP contribution in [0.1, 0.15) is 41.6 Å². The number of aromatic nitrogens is 1. The molecule has 8 nitrogen and oxygen atoms in total. The number of carbonyl (C=O) groups excluding carboxylic acids is 3. The van der Waals surface area contributed by atoms with Crippen molar-refractivity contribution in [2.24, 2.45) is 5.73 Å². The summed E-state index contributed by atoms with van der Waals surface area (Å²) in [6, 6.07) is 6.60. The van der Waals surface area contributed by atoms with Gasteiger partial charge in [0.05, 0.1) is 17.0 Å². The fourth-order valence-corrected chi connectivity index (χ4v) is 4.59. The average Bonchev–Trinajstić information content (AvgIpc) is 3.00. The molecule has 3 amide bonds. The Morgan fingerprint density at radius 2 is 2.00 bits per heavy atom. The molecule has 0 atom stereocenters. The number of hydrogen-bond donors (Lipinski definition) is 3. The summed E-state index contributed by atoms with van der Waals surface area (Å²) < 4.78 is 5.94. The zero-order valence-corrected chi connectivity index (χ0v) is 17.9. The van der Waals surface area contributed by atoms with Crippen LogP contribution in [0, 0.1) is 0 Å². The Bertz CT molecular complexity index is 1070. The van der Waals surface area contributed by atoms with E-state index in [9.17, 15) is 14.4 Å². The largest absolute Gasteiger partial charge is 0.473 e. The average molecular weight is 463 g/mol. The highest BCUT2D eigenvalue weighted by Crippen LogP contribution is 2.48. The van der Waals surface area contributed by atoms with Gasteiger partial charge in [-0.3, -0.25) is 14.4 Å². The van der Waals surface area contributed by atoms with E-state index in [0.717, 1.165) is 5.56 Å². The maximum atomic E-state index is 12.9. The highest BCUT2D eigenvalue weighted by atomic mass is 35.5. The molecular formula is C21H20Cl2N4O4. The van der Waals surface area contributed by atoms with Crippen LogP contribution in [0.3, 0.4) is 0 Å². The summed E-state index contributed by atoms with van der Waals surface area (Å²) in [7, 11) is 0. The molecule has 1 aliphatic carbocycles. The third-order valence-electron chi connectivity index (χ3n) is 5.74. The molecular weight excluding hydrogens is 443 g/mol. The zero-order valence-electron chi connectivity index (χ0n) is 16.4. The van der Waals surface area contributed by atoms with Gasteiger partial charge < -0.3 is 21.1 Å². The Morgan fingerprint density at radius 1 is 1.26 bits per heavy atom. The van der Waals surface area contributed by atoms with E-state index >= 15 is 0 Å². The van der Waals surface area contributed by atoms with Gasteiger partial charge in [-0.2, -0.15) is 0 Å². The molecule has 4 rings (SSSR count). The number of anilines is 1. The van der Waals surface area contributed by atoms with Gasteiger partial charge in [0.1, 0.15) is 11.1 Å². The lowest BCUT2D eigenvalue weighted by Crippen LogP contribution is -2.41. The van der Waals surface area contributed by atoms with E-state index in [1.807, 2.05) is 0 Å². The Labute approximate surface area is 188 Å². The van der Waals surface area contributed by atoms with Crippen LogP contribution in [0.15, 0.2) is 30.5 Å². The minimum atomic E-state index is -0.730. The predicted octanol–water partition coefficient (Wildman–Crippen LogP) is 2.81. The number of primary amides is 1. The Hall–Kier alpha value is -2.84. The first-order chi connectivity index (χ1) is 14.8. The minimum Gasteiger partial charge on any atom is -0.473 e. The van der Waals surface area contributed by atoms with Crippen molar-refractivity contribution < 1.29 is 19.1 Å². The number of fused-ring (bicyclic) bond motifs is 2. The lowest BCUT2D eigenvalue weighted by Gasteiger charge is -2.35. The normalized spacial score (nSPS) is 22.0. The van der Waals surface area contributed by atoms with Crippen molar-refractivity contribution in [3.8, 4) is 5.88 Å². The predicted molar refractivity (Wildman–Crippen MR) is 115 cm³/mol. The SMILES string of the molecule is NC(=O)CNC(=O)c1ccc2c(c1)C1(CCC(Oc3ncc(Cl)cc3Cl)CC1)C(=O)N2. The van der Waals surface area contributed by atoms with Gasteiger partial charge in [-0.1, -0.05) is 23.2 Å². The van der Waals surface area contributed by atoms with Crippen LogP contribution in [-0.2, 0) is 15.0 Å². The highest BCUT2D eigenvalue weighted by Gasteiger charge is 2.49. The second kappa shape index (κ2) is 8.36. The Kier molecular flexibility index (Phi) is 5.77. The summed E-state index contributed by atoms with van der Waals surface area (Å²) in [4.78, 5) is 40.3. The molecule has 0 bridgehead atoms.